The highest BCUT2D eigenvalue weighted by atomic mass is 16.5. The monoisotopic (exact) mass is 947 g/mol. The maximum Gasteiger partial charge on any atom is 0.159 e. The van der Waals surface area contributed by atoms with Gasteiger partial charge in [0.15, 0.2) is 11.2 Å². The molecule has 4 aromatic heterocycles. The van der Waals surface area contributed by atoms with Crippen LogP contribution >= 0.6 is 0 Å². The summed E-state index contributed by atoms with van der Waals surface area (Å²) in [5, 5.41) is 12.8. The van der Waals surface area contributed by atoms with Crippen molar-refractivity contribution in [3.63, 3.8) is 0 Å². The molecule has 11 aromatic carbocycles. The number of rotatable bonds is 6. The quantitative estimate of drug-likeness (QED) is 0.166. The van der Waals surface area contributed by atoms with Gasteiger partial charge >= 0.3 is 0 Å². The summed E-state index contributed by atoms with van der Waals surface area (Å²) >= 11 is 0. The summed E-state index contributed by atoms with van der Waals surface area (Å²) in [5.74, 6) is 1.02. The highest BCUT2D eigenvalue weighted by Crippen LogP contribution is 2.51. The van der Waals surface area contributed by atoms with Gasteiger partial charge in [0.2, 0.25) is 0 Å². The van der Waals surface area contributed by atoms with Crippen molar-refractivity contribution in [2.45, 2.75) is 12.0 Å². The third-order valence-corrected chi connectivity index (χ3v) is 16.0. The molecule has 6 heteroatoms. The largest absolute Gasteiger partial charge is 0.485 e. The molecule has 6 nitrogen and oxygen atoms in total. The number of hydrogen-bond donors (Lipinski definition) is 0. The molecule has 0 N–H and O–H groups in total. The smallest absolute Gasteiger partial charge is 0.159 e. The summed E-state index contributed by atoms with van der Waals surface area (Å²) in [5.41, 5.74) is 15.8. The molecule has 0 fully saturated rings. The van der Waals surface area contributed by atoms with Gasteiger partial charge in [-0.2, -0.15) is 0 Å². The molecule has 17 rings (SSSR count). The van der Waals surface area contributed by atoms with Crippen molar-refractivity contribution in [2.75, 3.05) is 9.80 Å². The second kappa shape index (κ2) is 14.9. The van der Waals surface area contributed by atoms with Gasteiger partial charge in [-0.25, -0.2) is 0 Å². The Kier molecular flexibility index (Phi) is 8.02. The number of furan rings is 2. The molecule has 1 aliphatic heterocycles. The number of fused-ring (bicyclic) bond motifs is 18. The van der Waals surface area contributed by atoms with Crippen molar-refractivity contribution in [3.05, 3.63) is 247 Å². The minimum atomic E-state index is -0.128. The van der Waals surface area contributed by atoms with E-state index in [0.717, 1.165) is 94.5 Å². The fraction of sp³-hybridized carbons (Fsp3) is 0.0294. The van der Waals surface area contributed by atoms with Gasteiger partial charge in [0.1, 0.15) is 23.0 Å². The Bertz CT molecular complexity index is 4910. The Labute approximate surface area is 423 Å². The summed E-state index contributed by atoms with van der Waals surface area (Å²) in [6, 6.07) is 82.8. The Morgan fingerprint density at radius 3 is 1.50 bits per heavy atom. The molecule has 15 aromatic rings. The van der Waals surface area contributed by atoms with Crippen LogP contribution in [0.4, 0.5) is 34.1 Å². The fourth-order valence-corrected chi connectivity index (χ4v) is 12.8. The lowest BCUT2D eigenvalue weighted by atomic mass is 9.83. The van der Waals surface area contributed by atoms with Crippen LogP contribution < -0.4 is 19.8 Å². The first kappa shape index (κ1) is 39.9. The maximum absolute atomic E-state index is 6.87. The van der Waals surface area contributed by atoms with Gasteiger partial charge in [-0.15, -0.1) is 0 Å². The van der Waals surface area contributed by atoms with Gasteiger partial charge in [-0.1, -0.05) is 127 Å². The normalized spacial score (nSPS) is 15.0. The minimum absolute atomic E-state index is 0.0546. The van der Waals surface area contributed by atoms with E-state index in [-0.39, 0.29) is 12.0 Å². The topological polar surface area (TPSA) is 46.4 Å². The molecular formula is C68H41N3O3. The van der Waals surface area contributed by atoms with Crippen LogP contribution in [0.25, 0.3) is 98.8 Å². The minimum Gasteiger partial charge on any atom is -0.485 e. The van der Waals surface area contributed by atoms with E-state index in [1.165, 1.54) is 54.4 Å². The van der Waals surface area contributed by atoms with Crippen molar-refractivity contribution in [3.8, 4) is 5.75 Å². The van der Waals surface area contributed by atoms with Crippen LogP contribution in [0.2, 0.25) is 0 Å². The van der Waals surface area contributed by atoms with Crippen LogP contribution in [0, 0.1) is 0 Å². The third-order valence-electron chi connectivity index (χ3n) is 16.0. The highest BCUT2D eigenvalue weighted by Gasteiger charge is 2.41. The Morgan fingerprint density at radius 1 is 0.378 bits per heavy atom. The number of nitrogens with zero attached hydrogens (tertiary/aromatic N) is 3. The van der Waals surface area contributed by atoms with Crippen LogP contribution in [0.3, 0.4) is 0 Å². The standard InChI is InChI=1S/C68H41N3O3/c1-3-15-44(16-4-1)69(56-24-13-22-50-48-19-7-10-26-60(48)73-67(50)56)46-31-29-40-35-53-54-39-63-64(52-21-9-12-28-62(52)72-63)65-55-36-41-30-32-47(34-43(41)38-59(55)71(66(54)65)58(53)37-42(40)33-46)70(45-17-5-2-6-18-45)57-25-14-23-51-49-20-8-11-27-61(49)74-68(51)57/h1-39,63-64H. The molecule has 346 valence electrons. The SMILES string of the molecule is C1=c2c3cc4ccc(N(c5ccccc5)c5cccc6c5oc5ccccc56)cc4cc3n3c2c(c2cc4ccc(N(c5ccccc5)c5cccc6c5oc5ccccc56)cc4cc23)C2c3ccccc3OC12. The summed E-state index contributed by atoms with van der Waals surface area (Å²) in [6.45, 7) is 0. The molecule has 0 saturated carbocycles. The van der Waals surface area contributed by atoms with Crippen LogP contribution in [-0.4, -0.2) is 10.5 Å². The number of benzene rings is 11. The molecule has 0 spiro atoms. The number of aromatic nitrogens is 1. The number of hydrogen-bond acceptors (Lipinski definition) is 5. The second-order valence-electron chi connectivity index (χ2n) is 19.9. The van der Waals surface area contributed by atoms with Crippen molar-refractivity contribution in [1.82, 2.24) is 4.40 Å². The van der Waals surface area contributed by atoms with Gasteiger partial charge < -0.3 is 27.8 Å². The molecule has 2 atom stereocenters. The highest BCUT2D eigenvalue weighted by molar-refractivity contribution is 6.14. The van der Waals surface area contributed by atoms with Crippen molar-refractivity contribution in [2.24, 2.45) is 0 Å². The Hall–Kier alpha value is -9.78. The summed E-state index contributed by atoms with van der Waals surface area (Å²) in [4.78, 5) is 4.67. The van der Waals surface area contributed by atoms with Gasteiger partial charge in [0.05, 0.1) is 33.8 Å². The molecule has 2 aliphatic rings. The number of para-hydroxylation sites is 7. The zero-order chi connectivity index (χ0) is 48.2. The third kappa shape index (κ3) is 5.54. The van der Waals surface area contributed by atoms with Crippen LogP contribution in [0.1, 0.15) is 17.0 Å². The molecular weight excluding hydrogens is 907 g/mol. The van der Waals surface area contributed by atoms with E-state index in [4.69, 9.17) is 13.6 Å². The summed E-state index contributed by atoms with van der Waals surface area (Å²) in [6.07, 6.45) is 2.27. The Morgan fingerprint density at radius 2 is 0.892 bits per heavy atom. The van der Waals surface area contributed by atoms with E-state index in [1.807, 2.05) is 12.1 Å². The van der Waals surface area contributed by atoms with Gasteiger partial charge in [-0.05, 0) is 136 Å². The first-order chi connectivity index (χ1) is 36.7. The first-order valence-corrected chi connectivity index (χ1v) is 25.4. The molecule has 0 amide bonds. The van der Waals surface area contributed by atoms with Crippen LogP contribution in [0.5, 0.6) is 5.75 Å². The molecule has 0 radical (unpaired) electrons. The number of anilines is 6. The lowest BCUT2D eigenvalue weighted by molar-refractivity contribution is 0.282. The predicted molar refractivity (Wildman–Crippen MR) is 304 cm³/mol. The van der Waals surface area contributed by atoms with Gasteiger partial charge in [0.25, 0.3) is 0 Å². The molecule has 74 heavy (non-hydrogen) atoms. The van der Waals surface area contributed by atoms with Gasteiger partial charge in [-0.3, -0.25) is 0 Å². The van der Waals surface area contributed by atoms with Crippen molar-refractivity contribution >= 4 is 133 Å². The average Bonchev–Trinajstić information content (AvgIpc) is 4.31. The fourth-order valence-electron chi connectivity index (χ4n) is 12.8. The average molecular weight is 948 g/mol. The van der Waals surface area contributed by atoms with E-state index in [1.54, 1.807) is 0 Å². The molecule has 1 aliphatic carbocycles. The van der Waals surface area contributed by atoms with E-state index in [2.05, 4.69) is 239 Å². The zero-order valence-corrected chi connectivity index (χ0v) is 39.7. The zero-order valence-electron chi connectivity index (χ0n) is 39.7. The van der Waals surface area contributed by atoms with E-state index in [9.17, 15) is 0 Å². The van der Waals surface area contributed by atoms with Gasteiger partial charge in [0, 0.05) is 65.8 Å². The lowest BCUT2D eigenvalue weighted by Gasteiger charge is -2.26. The molecule has 5 heterocycles. The van der Waals surface area contributed by atoms with Crippen LogP contribution in [-0.2, 0) is 0 Å². The molecule has 0 bridgehead atoms. The second-order valence-corrected chi connectivity index (χ2v) is 19.9. The maximum atomic E-state index is 6.87. The van der Waals surface area contributed by atoms with E-state index >= 15 is 0 Å². The number of ether oxygens (including phenoxy) is 1. The molecule has 0 saturated heterocycles. The van der Waals surface area contributed by atoms with Crippen LogP contribution in [0.15, 0.2) is 239 Å². The lowest BCUT2D eigenvalue weighted by Crippen LogP contribution is -2.25. The molecule has 2 unspecified atom stereocenters. The summed E-state index contributed by atoms with van der Waals surface area (Å²) < 4.78 is 22.8. The summed E-state index contributed by atoms with van der Waals surface area (Å²) in [7, 11) is 0. The van der Waals surface area contributed by atoms with E-state index < -0.39 is 0 Å². The van der Waals surface area contributed by atoms with Crippen molar-refractivity contribution < 1.29 is 13.6 Å². The predicted octanol–water partition coefficient (Wildman–Crippen LogP) is 17.7. The van der Waals surface area contributed by atoms with E-state index in [0.29, 0.717) is 0 Å². The van der Waals surface area contributed by atoms with Crippen molar-refractivity contribution in [1.29, 1.82) is 0 Å². The first-order valence-electron chi connectivity index (χ1n) is 25.4. The Balaban J connectivity index is 0.904.